The molecular weight excluding hydrogens is 226 g/mol. The lowest BCUT2D eigenvalue weighted by molar-refractivity contribution is 0.0366. The lowest BCUT2D eigenvalue weighted by Crippen LogP contribution is -2.26. The summed E-state index contributed by atoms with van der Waals surface area (Å²) in [5.41, 5.74) is 6.15. The molecular formula is C10H15N3O2S. The zero-order valence-electron chi connectivity index (χ0n) is 9.32. The zero-order valence-corrected chi connectivity index (χ0v) is 10.1. The maximum absolute atomic E-state index is 8.75. The molecule has 88 valence electrons. The van der Waals surface area contributed by atoms with E-state index in [0.717, 1.165) is 5.00 Å². The highest BCUT2D eigenvalue weighted by Gasteiger charge is 2.09. The van der Waals surface area contributed by atoms with Crippen LogP contribution in [-0.2, 0) is 9.47 Å². The molecule has 0 aliphatic carbocycles. The van der Waals surface area contributed by atoms with E-state index < -0.39 is 0 Å². The number of hydrogen-bond donors (Lipinski definition) is 2. The Kier molecular flexibility index (Phi) is 5.05. The smallest absolute Gasteiger partial charge is 0.129 e. The van der Waals surface area contributed by atoms with Crippen molar-refractivity contribution in [2.24, 2.45) is 0 Å². The van der Waals surface area contributed by atoms with Crippen LogP contribution in [-0.4, -0.2) is 33.5 Å². The lowest BCUT2D eigenvalue weighted by Gasteiger charge is -2.14. The predicted octanol–water partition coefficient (Wildman–Crippen LogP) is 1.28. The van der Waals surface area contributed by atoms with Crippen molar-refractivity contribution in [2.45, 2.75) is 6.10 Å². The number of methoxy groups -OCH3 is 2. The molecule has 5 nitrogen and oxygen atoms in total. The summed E-state index contributed by atoms with van der Waals surface area (Å²) in [7, 11) is 3.26. The Hall–Kier alpha value is -1.29. The van der Waals surface area contributed by atoms with Crippen LogP contribution >= 0.6 is 11.3 Å². The van der Waals surface area contributed by atoms with E-state index in [9.17, 15) is 0 Å². The molecule has 0 bridgehead atoms. The summed E-state index contributed by atoms with van der Waals surface area (Å²) in [6.45, 7) is 1.14. The van der Waals surface area contributed by atoms with Gasteiger partial charge < -0.3 is 20.5 Å². The highest BCUT2D eigenvalue weighted by molar-refractivity contribution is 7.17. The van der Waals surface area contributed by atoms with Crippen LogP contribution < -0.4 is 11.1 Å². The molecule has 1 aromatic rings. The minimum absolute atomic E-state index is 0.0149. The van der Waals surface area contributed by atoms with Crippen LogP contribution in [0.2, 0.25) is 0 Å². The molecule has 3 N–H and O–H groups in total. The third kappa shape index (κ3) is 3.38. The van der Waals surface area contributed by atoms with Gasteiger partial charge in [0.2, 0.25) is 0 Å². The number of nitrogens with zero attached hydrogens (tertiary/aromatic N) is 1. The first-order chi connectivity index (χ1) is 7.71. The van der Waals surface area contributed by atoms with Crippen LogP contribution in [0.4, 0.5) is 10.7 Å². The van der Waals surface area contributed by atoms with Crippen LogP contribution in [0, 0.1) is 11.3 Å². The summed E-state index contributed by atoms with van der Waals surface area (Å²) in [5, 5.41) is 12.8. The maximum Gasteiger partial charge on any atom is 0.129 e. The maximum atomic E-state index is 8.75. The highest BCUT2D eigenvalue weighted by atomic mass is 32.1. The van der Waals surface area contributed by atoms with E-state index in [4.69, 9.17) is 20.5 Å². The van der Waals surface area contributed by atoms with Crippen molar-refractivity contribution in [3.63, 3.8) is 0 Å². The number of rotatable bonds is 6. The van der Waals surface area contributed by atoms with E-state index in [1.54, 1.807) is 20.3 Å². The third-order valence-corrected chi connectivity index (χ3v) is 3.07. The van der Waals surface area contributed by atoms with Gasteiger partial charge in [-0.1, -0.05) is 0 Å². The fourth-order valence-electron chi connectivity index (χ4n) is 1.19. The predicted molar refractivity (Wildman–Crippen MR) is 64.6 cm³/mol. The topological polar surface area (TPSA) is 80.3 Å². The molecule has 1 aromatic heterocycles. The van der Waals surface area contributed by atoms with Crippen LogP contribution in [0.5, 0.6) is 0 Å². The number of hydrogen-bond acceptors (Lipinski definition) is 6. The first-order valence-corrected chi connectivity index (χ1v) is 5.58. The Bertz CT molecular complexity index is 373. The number of nitriles is 1. The summed E-state index contributed by atoms with van der Waals surface area (Å²) < 4.78 is 10.2. The first-order valence-electron chi connectivity index (χ1n) is 4.76. The van der Waals surface area contributed by atoms with Crippen molar-refractivity contribution in [2.75, 3.05) is 38.4 Å². The van der Waals surface area contributed by atoms with Gasteiger partial charge in [-0.05, 0) is 6.07 Å². The number of ether oxygens (including phenoxy) is 2. The minimum atomic E-state index is -0.0149. The van der Waals surface area contributed by atoms with Crippen LogP contribution in [0.15, 0.2) is 6.07 Å². The fraction of sp³-hybridized carbons (Fsp3) is 0.500. The van der Waals surface area contributed by atoms with Gasteiger partial charge in [-0.15, -0.1) is 11.3 Å². The Labute approximate surface area is 98.8 Å². The van der Waals surface area contributed by atoms with Crippen molar-refractivity contribution in [1.29, 1.82) is 5.26 Å². The highest BCUT2D eigenvalue weighted by Crippen LogP contribution is 2.28. The second kappa shape index (κ2) is 6.33. The average Bonchev–Trinajstić information content (AvgIpc) is 2.65. The van der Waals surface area contributed by atoms with Gasteiger partial charge in [0, 0.05) is 20.8 Å². The number of anilines is 2. The molecule has 16 heavy (non-hydrogen) atoms. The second-order valence-electron chi connectivity index (χ2n) is 3.20. The largest absolute Gasteiger partial charge is 0.397 e. The first kappa shape index (κ1) is 12.8. The van der Waals surface area contributed by atoms with Gasteiger partial charge in [0.25, 0.3) is 0 Å². The SMILES string of the molecule is COCC(CNc1cc(N)c(C#N)s1)OC. The molecule has 0 saturated carbocycles. The number of nitrogens with two attached hydrogens (primary N) is 1. The van der Waals surface area contributed by atoms with Crippen LogP contribution in [0.25, 0.3) is 0 Å². The van der Waals surface area contributed by atoms with Crippen molar-refractivity contribution >= 4 is 22.0 Å². The summed E-state index contributed by atoms with van der Waals surface area (Å²) >= 11 is 1.34. The molecule has 1 rings (SSSR count). The van der Waals surface area contributed by atoms with Gasteiger partial charge in [-0.2, -0.15) is 5.26 Å². The Morgan fingerprint density at radius 3 is 2.88 bits per heavy atom. The number of thiophene rings is 1. The van der Waals surface area contributed by atoms with E-state index in [2.05, 4.69) is 5.32 Å². The zero-order chi connectivity index (χ0) is 12.0. The van der Waals surface area contributed by atoms with Gasteiger partial charge in [-0.25, -0.2) is 0 Å². The summed E-state index contributed by atoms with van der Waals surface area (Å²) in [5.74, 6) is 0. The molecule has 1 unspecified atom stereocenters. The Morgan fingerprint density at radius 1 is 1.62 bits per heavy atom. The normalized spacial score (nSPS) is 12.1. The van der Waals surface area contributed by atoms with Gasteiger partial charge in [-0.3, -0.25) is 0 Å². The molecule has 0 aromatic carbocycles. The van der Waals surface area contributed by atoms with Crippen molar-refractivity contribution < 1.29 is 9.47 Å². The third-order valence-electron chi connectivity index (χ3n) is 2.05. The Balaban J connectivity index is 2.50. The van der Waals surface area contributed by atoms with Gasteiger partial charge in [0.05, 0.1) is 23.4 Å². The quantitative estimate of drug-likeness (QED) is 0.784. The van der Waals surface area contributed by atoms with Crippen LogP contribution in [0.3, 0.4) is 0 Å². The van der Waals surface area contributed by atoms with E-state index in [1.807, 2.05) is 6.07 Å². The molecule has 0 aliphatic rings. The molecule has 0 amide bonds. The molecule has 0 radical (unpaired) electrons. The van der Waals surface area contributed by atoms with E-state index >= 15 is 0 Å². The van der Waals surface area contributed by atoms with E-state index in [0.29, 0.717) is 23.7 Å². The van der Waals surface area contributed by atoms with Crippen molar-refractivity contribution in [1.82, 2.24) is 0 Å². The van der Waals surface area contributed by atoms with E-state index in [-0.39, 0.29) is 6.10 Å². The molecule has 1 heterocycles. The molecule has 0 spiro atoms. The van der Waals surface area contributed by atoms with Gasteiger partial charge >= 0.3 is 0 Å². The molecule has 0 saturated heterocycles. The summed E-state index contributed by atoms with van der Waals surface area (Å²) in [4.78, 5) is 0.531. The Morgan fingerprint density at radius 2 is 2.38 bits per heavy atom. The molecule has 0 aliphatic heterocycles. The molecule has 6 heteroatoms. The number of nitrogen functional groups attached to an aromatic ring is 1. The van der Waals surface area contributed by atoms with E-state index in [1.165, 1.54) is 11.3 Å². The van der Waals surface area contributed by atoms with Crippen molar-refractivity contribution in [3.05, 3.63) is 10.9 Å². The summed E-state index contributed by atoms with van der Waals surface area (Å²) in [6, 6.07) is 3.79. The number of nitrogens with one attached hydrogen (secondary N) is 1. The lowest BCUT2D eigenvalue weighted by atomic mass is 10.3. The van der Waals surface area contributed by atoms with Crippen LogP contribution in [0.1, 0.15) is 4.88 Å². The van der Waals surface area contributed by atoms with Gasteiger partial charge in [0.15, 0.2) is 0 Å². The average molecular weight is 241 g/mol. The monoisotopic (exact) mass is 241 g/mol. The van der Waals surface area contributed by atoms with Crippen molar-refractivity contribution in [3.8, 4) is 6.07 Å². The summed E-state index contributed by atoms with van der Waals surface area (Å²) in [6.07, 6.45) is -0.0149. The minimum Gasteiger partial charge on any atom is -0.397 e. The van der Waals surface area contributed by atoms with Gasteiger partial charge in [0.1, 0.15) is 10.9 Å². The molecule has 0 fully saturated rings. The fourth-order valence-corrected chi connectivity index (χ4v) is 1.97. The molecule has 1 atom stereocenters. The standard InChI is InChI=1S/C10H15N3O2S/c1-14-6-7(15-2)5-13-10-3-8(12)9(4-11)16-10/h3,7,13H,5-6,12H2,1-2H3. The second-order valence-corrected chi connectivity index (χ2v) is 4.25.